The summed E-state index contributed by atoms with van der Waals surface area (Å²) in [5.41, 5.74) is 0.501. The Morgan fingerprint density at radius 2 is 1.90 bits per heavy atom. The van der Waals surface area contributed by atoms with Crippen molar-refractivity contribution in [2.75, 3.05) is 0 Å². The van der Waals surface area contributed by atoms with E-state index in [0.29, 0.717) is 5.69 Å². The summed E-state index contributed by atoms with van der Waals surface area (Å²) < 4.78 is 48.4. The molecule has 0 amide bonds. The molecule has 2 aromatic rings. The zero-order valence-electron chi connectivity index (χ0n) is 9.66. The first-order chi connectivity index (χ1) is 9.37. The summed E-state index contributed by atoms with van der Waals surface area (Å²) in [4.78, 5) is -0.500. The fourth-order valence-corrected chi connectivity index (χ4v) is 2.42. The molecule has 0 fully saturated rings. The number of benzene rings is 1. The number of sulfone groups is 1. The summed E-state index contributed by atoms with van der Waals surface area (Å²) in [6, 6.07) is 6.43. The fraction of sp³-hybridized carbons (Fsp3) is 0.0909. The van der Waals surface area contributed by atoms with Gasteiger partial charge in [-0.2, -0.15) is 19.1 Å². The van der Waals surface area contributed by atoms with Crippen LogP contribution in [0, 0.1) is 11.3 Å². The molecule has 0 atom stereocenters. The van der Waals surface area contributed by atoms with Crippen LogP contribution in [-0.4, -0.2) is 24.0 Å². The number of alkyl halides is 2. The van der Waals surface area contributed by atoms with Gasteiger partial charge < -0.3 is 0 Å². The molecule has 0 radical (unpaired) electrons. The Kier molecular flexibility index (Phi) is 3.74. The first-order valence-electron chi connectivity index (χ1n) is 5.14. The molecule has 0 saturated heterocycles. The first-order valence-corrected chi connectivity index (χ1v) is 7.06. The van der Waals surface area contributed by atoms with Crippen LogP contribution in [-0.2, 0) is 9.84 Å². The lowest BCUT2D eigenvalue weighted by atomic mass is 10.3. The second-order valence-corrected chi connectivity index (χ2v) is 5.95. The van der Waals surface area contributed by atoms with Gasteiger partial charge in [0.05, 0.1) is 16.8 Å². The van der Waals surface area contributed by atoms with E-state index in [2.05, 4.69) is 5.10 Å². The Bertz CT molecular complexity index is 779. The Hall–Kier alpha value is -1.98. The smallest absolute Gasteiger partial charge is 0.221 e. The number of rotatable bonds is 3. The molecule has 0 aliphatic carbocycles. The maximum atomic E-state index is 12.4. The summed E-state index contributed by atoms with van der Waals surface area (Å²) in [5.74, 6) is -3.48. The van der Waals surface area contributed by atoms with Crippen LogP contribution in [0.3, 0.4) is 0 Å². The van der Waals surface area contributed by atoms with Gasteiger partial charge in [0.25, 0.3) is 0 Å². The van der Waals surface area contributed by atoms with Gasteiger partial charge in [0, 0.05) is 0 Å². The zero-order valence-corrected chi connectivity index (χ0v) is 11.2. The lowest BCUT2D eigenvalue weighted by Crippen LogP contribution is -2.11. The molecule has 5 nitrogen and oxygen atoms in total. The molecule has 0 spiro atoms. The maximum absolute atomic E-state index is 12.4. The van der Waals surface area contributed by atoms with Gasteiger partial charge in [-0.3, -0.25) is 0 Å². The van der Waals surface area contributed by atoms with Gasteiger partial charge in [-0.05, 0) is 24.3 Å². The predicted octanol–water partition coefficient (Wildman–Crippen LogP) is 2.39. The molecule has 0 aliphatic heterocycles. The third kappa shape index (κ3) is 2.37. The summed E-state index contributed by atoms with van der Waals surface area (Å²) in [7, 11) is -4.63. The van der Waals surface area contributed by atoms with E-state index in [1.54, 1.807) is 0 Å². The molecule has 1 heterocycles. The second kappa shape index (κ2) is 5.19. The van der Waals surface area contributed by atoms with Gasteiger partial charge in [0.1, 0.15) is 11.6 Å². The number of halogens is 3. The lowest BCUT2D eigenvalue weighted by molar-refractivity contribution is 0.234. The molecule has 0 unspecified atom stereocenters. The van der Waals surface area contributed by atoms with Crippen LogP contribution in [0.4, 0.5) is 8.78 Å². The molecule has 104 valence electrons. The Morgan fingerprint density at radius 3 is 2.35 bits per heavy atom. The first kappa shape index (κ1) is 14.4. The van der Waals surface area contributed by atoms with Crippen LogP contribution in [0.15, 0.2) is 35.4 Å². The van der Waals surface area contributed by atoms with Crippen molar-refractivity contribution in [2.45, 2.75) is 10.7 Å². The van der Waals surface area contributed by atoms with E-state index in [0.717, 1.165) is 12.1 Å². The monoisotopic (exact) mass is 317 g/mol. The zero-order chi connectivity index (χ0) is 14.9. The minimum Gasteiger partial charge on any atom is -0.221 e. The average Bonchev–Trinajstić information content (AvgIpc) is 2.79. The summed E-state index contributed by atoms with van der Waals surface area (Å²) >= 11 is 5.88. The predicted molar refractivity (Wildman–Crippen MR) is 66.5 cm³/mol. The van der Waals surface area contributed by atoms with E-state index in [1.807, 2.05) is 6.07 Å². The summed E-state index contributed by atoms with van der Waals surface area (Å²) in [6.07, 6.45) is 1.24. The molecule has 2 rings (SSSR count). The molecular weight excluding hydrogens is 312 g/mol. The minimum atomic E-state index is -4.63. The van der Waals surface area contributed by atoms with E-state index >= 15 is 0 Å². The fourth-order valence-electron chi connectivity index (χ4n) is 1.47. The van der Waals surface area contributed by atoms with Crippen LogP contribution < -0.4 is 0 Å². The van der Waals surface area contributed by atoms with E-state index in [1.165, 1.54) is 23.0 Å². The van der Waals surface area contributed by atoms with E-state index in [9.17, 15) is 17.2 Å². The van der Waals surface area contributed by atoms with Crippen LogP contribution in [0.5, 0.6) is 0 Å². The van der Waals surface area contributed by atoms with Crippen molar-refractivity contribution in [2.24, 2.45) is 0 Å². The summed E-state index contributed by atoms with van der Waals surface area (Å²) in [6.45, 7) is 0. The van der Waals surface area contributed by atoms with Crippen LogP contribution >= 0.6 is 11.6 Å². The second-order valence-electron chi connectivity index (χ2n) is 3.67. The van der Waals surface area contributed by atoms with Crippen molar-refractivity contribution in [3.63, 3.8) is 0 Å². The van der Waals surface area contributed by atoms with Crippen molar-refractivity contribution in [3.05, 3.63) is 41.2 Å². The van der Waals surface area contributed by atoms with Crippen LogP contribution in [0.1, 0.15) is 5.56 Å². The van der Waals surface area contributed by atoms with Crippen molar-refractivity contribution in [1.29, 1.82) is 5.26 Å². The van der Waals surface area contributed by atoms with Gasteiger partial charge >= 0.3 is 5.76 Å². The van der Waals surface area contributed by atoms with E-state index in [-0.39, 0.29) is 10.7 Å². The maximum Gasteiger partial charge on any atom is 0.341 e. The molecule has 0 N–H and O–H groups in total. The van der Waals surface area contributed by atoms with Gasteiger partial charge in [0.15, 0.2) is 5.15 Å². The van der Waals surface area contributed by atoms with Crippen molar-refractivity contribution >= 4 is 21.4 Å². The van der Waals surface area contributed by atoms with Crippen molar-refractivity contribution in [3.8, 4) is 11.8 Å². The normalized spacial score (nSPS) is 11.6. The minimum absolute atomic E-state index is 0.0527. The number of hydrogen-bond acceptors (Lipinski definition) is 4. The van der Waals surface area contributed by atoms with Crippen molar-refractivity contribution in [1.82, 2.24) is 9.78 Å². The van der Waals surface area contributed by atoms with Gasteiger partial charge in [0.2, 0.25) is 9.84 Å². The highest BCUT2D eigenvalue weighted by molar-refractivity contribution is 7.91. The van der Waals surface area contributed by atoms with Gasteiger partial charge in [-0.25, -0.2) is 13.1 Å². The molecule has 0 aliphatic rings. The molecule has 1 aromatic carbocycles. The SMILES string of the molecule is N#Cc1cnn(-c2ccc(S(=O)(=O)C(F)F)cc2)c1Cl. The Balaban J connectivity index is 2.44. The van der Waals surface area contributed by atoms with Gasteiger partial charge in [-0.15, -0.1) is 0 Å². The van der Waals surface area contributed by atoms with E-state index < -0.39 is 20.5 Å². The molecular formula is C11H6ClF2N3O2S. The van der Waals surface area contributed by atoms with E-state index in [4.69, 9.17) is 16.9 Å². The standard InChI is InChI=1S/C11H6ClF2N3O2S/c12-10-7(5-15)6-16-17(10)8-1-3-9(4-2-8)20(18,19)11(13)14/h1-4,6,11H. The number of hydrogen-bond donors (Lipinski definition) is 0. The molecule has 9 heteroatoms. The van der Waals surface area contributed by atoms with Gasteiger partial charge in [-0.1, -0.05) is 11.6 Å². The molecule has 20 heavy (non-hydrogen) atoms. The highest BCUT2D eigenvalue weighted by Crippen LogP contribution is 2.23. The largest absolute Gasteiger partial charge is 0.341 e. The molecule has 1 aromatic heterocycles. The quantitative estimate of drug-likeness (QED) is 0.871. The third-order valence-corrected chi connectivity index (χ3v) is 4.24. The van der Waals surface area contributed by atoms with Crippen LogP contribution in [0.25, 0.3) is 5.69 Å². The average molecular weight is 318 g/mol. The number of nitrogens with zero attached hydrogens (tertiary/aromatic N) is 3. The summed E-state index contributed by atoms with van der Waals surface area (Å²) in [5, 5.41) is 12.6. The number of aromatic nitrogens is 2. The topological polar surface area (TPSA) is 75.8 Å². The number of nitriles is 1. The van der Waals surface area contributed by atoms with Crippen molar-refractivity contribution < 1.29 is 17.2 Å². The highest BCUT2D eigenvalue weighted by atomic mass is 35.5. The third-order valence-electron chi connectivity index (χ3n) is 2.48. The Morgan fingerprint density at radius 1 is 1.30 bits per heavy atom. The molecule has 0 saturated carbocycles. The highest BCUT2D eigenvalue weighted by Gasteiger charge is 2.26. The Labute approximate surface area is 117 Å². The lowest BCUT2D eigenvalue weighted by Gasteiger charge is -2.06. The molecule has 0 bridgehead atoms. The van der Waals surface area contributed by atoms with Crippen LogP contribution in [0.2, 0.25) is 5.15 Å².